The third-order valence-electron chi connectivity index (χ3n) is 4.27. The minimum Gasteiger partial charge on any atom is -0.301 e. The van der Waals surface area contributed by atoms with E-state index in [4.69, 9.17) is 16.6 Å². The molecule has 1 aliphatic rings. The summed E-state index contributed by atoms with van der Waals surface area (Å²) in [5.74, 6) is 0.747. The molecule has 0 saturated heterocycles. The summed E-state index contributed by atoms with van der Waals surface area (Å²) in [7, 11) is 0. The molecule has 1 aliphatic heterocycles. The minimum atomic E-state index is -0.155. The summed E-state index contributed by atoms with van der Waals surface area (Å²) < 4.78 is 0. The predicted octanol–water partition coefficient (Wildman–Crippen LogP) is 4.70. The number of carbonyl (C=O) groups is 1. The van der Waals surface area contributed by atoms with Crippen LogP contribution >= 0.6 is 23.4 Å². The van der Waals surface area contributed by atoms with Crippen LogP contribution < -0.4 is 5.32 Å². The maximum atomic E-state index is 13.0. The first kappa shape index (κ1) is 17.1. The molecule has 4 nitrogen and oxygen atoms in total. The zero-order valence-electron chi connectivity index (χ0n) is 14.1. The molecule has 6 heteroatoms. The van der Waals surface area contributed by atoms with Crippen LogP contribution in [0.15, 0.2) is 53.5 Å². The second-order valence-electron chi connectivity index (χ2n) is 5.98. The monoisotopic (exact) mass is 381 g/mol. The Morgan fingerprint density at radius 1 is 1.19 bits per heavy atom. The molecule has 0 atom stereocenters. The molecule has 2 aromatic carbocycles. The lowest BCUT2D eigenvalue weighted by Gasteiger charge is -2.14. The van der Waals surface area contributed by atoms with Crippen molar-refractivity contribution in [3.05, 3.63) is 64.7 Å². The number of fused-ring (bicyclic) bond motifs is 1. The fourth-order valence-electron chi connectivity index (χ4n) is 3.09. The minimum absolute atomic E-state index is 0.155. The maximum absolute atomic E-state index is 13.0. The lowest BCUT2D eigenvalue weighted by Crippen LogP contribution is -2.28. The van der Waals surface area contributed by atoms with E-state index in [1.807, 2.05) is 55.5 Å². The molecule has 26 heavy (non-hydrogen) atoms. The molecular weight excluding hydrogens is 366 g/mol. The van der Waals surface area contributed by atoms with E-state index in [1.165, 1.54) is 0 Å². The summed E-state index contributed by atoms with van der Waals surface area (Å²) in [5, 5.41) is 5.09. The van der Waals surface area contributed by atoms with E-state index in [0.717, 1.165) is 40.0 Å². The summed E-state index contributed by atoms with van der Waals surface area (Å²) in [5.41, 5.74) is 3.88. The van der Waals surface area contributed by atoms with Crippen molar-refractivity contribution in [3.63, 3.8) is 0 Å². The number of pyridine rings is 1. The molecule has 0 bridgehead atoms. The lowest BCUT2D eigenvalue weighted by atomic mass is 9.97. The highest BCUT2D eigenvalue weighted by Gasteiger charge is 2.21. The molecule has 1 amide bonds. The molecule has 0 saturated carbocycles. The van der Waals surface area contributed by atoms with Gasteiger partial charge < -0.3 is 5.32 Å². The topological polar surface area (TPSA) is 54.4 Å². The molecule has 4 rings (SSSR count). The first-order valence-electron chi connectivity index (χ1n) is 8.27. The van der Waals surface area contributed by atoms with Crippen molar-refractivity contribution in [1.82, 2.24) is 10.3 Å². The highest BCUT2D eigenvalue weighted by Crippen LogP contribution is 2.31. The number of hydrogen-bond donors (Lipinski definition) is 1. The molecule has 2 heterocycles. The number of carbonyl (C=O) groups excluding carboxylic acids is 1. The number of para-hydroxylation sites is 1. The van der Waals surface area contributed by atoms with Crippen molar-refractivity contribution < 1.29 is 4.79 Å². The average Bonchev–Trinajstić information content (AvgIpc) is 3.14. The van der Waals surface area contributed by atoms with Gasteiger partial charge in [-0.15, -0.1) is 0 Å². The van der Waals surface area contributed by atoms with Crippen molar-refractivity contribution in [2.24, 2.45) is 4.99 Å². The SMILES string of the molecule is Cc1c(-c2cccc(Cl)c2)nc2ccccc2c1C(=O)NC1=NCCS1. The highest BCUT2D eigenvalue weighted by atomic mass is 35.5. The number of amides is 1. The van der Waals surface area contributed by atoms with Crippen LogP contribution in [0.2, 0.25) is 5.02 Å². The normalized spacial score (nSPS) is 13.7. The number of amidine groups is 1. The number of rotatable bonds is 2. The summed E-state index contributed by atoms with van der Waals surface area (Å²) in [6.45, 7) is 2.66. The molecule has 1 aromatic heterocycles. The summed E-state index contributed by atoms with van der Waals surface area (Å²) in [6, 6.07) is 15.2. The summed E-state index contributed by atoms with van der Waals surface area (Å²) in [4.78, 5) is 22.1. The molecule has 3 aromatic rings. The van der Waals surface area contributed by atoms with Crippen LogP contribution in [-0.4, -0.2) is 28.4 Å². The van der Waals surface area contributed by atoms with Gasteiger partial charge in [0.25, 0.3) is 5.91 Å². The van der Waals surface area contributed by atoms with Gasteiger partial charge in [0.05, 0.1) is 23.3 Å². The van der Waals surface area contributed by atoms with Crippen LogP contribution in [0.3, 0.4) is 0 Å². The van der Waals surface area contributed by atoms with E-state index in [2.05, 4.69) is 10.3 Å². The van der Waals surface area contributed by atoms with Crippen molar-refractivity contribution in [2.75, 3.05) is 12.3 Å². The van der Waals surface area contributed by atoms with Crippen LogP contribution in [0.25, 0.3) is 22.2 Å². The summed E-state index contributed by atoms with van der Waals surface area (Å²) >= 11 is 7.72. The third-order valence-corrected chi connectivity index (χ3v) is 5.39. The van der Waals surface area contributed by atoms with Crippen molar-refractivity contribution in [3.8, 4) is 11.3 Å². The number of aromatic nitrogens is 1. The van der Waals surface area contributed by atoms with Crippen LogP contribution in [-0.2, 0) is 0 Å². The Morgan fingerprint density at radius 3 is 2.81 bits per heavy atom. The van der Waals surface area contributed by atoms with Gasteiger partial charge in [-0.3, -0.25) is 9.79 Å². The number of hydrogen-bond acceptors (Lipinski definition) is 4. The lowest BCUT2D eigenvalue weighted by molar-refractivity contribution is 0.0979. The first-order chi connectivity index (χ1) is 12.6. The Kier molecular flexibility index (Phi) is 4.66. The number of thioether (sulfide) groups is 1. The van der Waals surface area contributed by atoms with Gasteiger partial charge in [0.2, 0.25) is 0 Å². The van der Waals surface area contributed by atoms with Gasteiger partial charge in [-0.2, -0.15) is 0 Å². The molecule has 0 unspecified atom stereocenters. The zero-order valence-corrected chi connectivity index (χ0v) is 15.7. The van der Waals surface area contributed by atoms with Gasteiger partial charge >= 0.3 is 0 Å². The van der Waals surface area contributed by atoms with E-state index in [1.54, 1.807) is 11.8 Å². The van der Waals surface area contributed by atoms with Gasteiger partial charge in [0.15, 0.2) is 5.17 Å². The van der Waals surface area contributed by atoms with Crippen LogP contribution in [0.5, 0.6) is 0 Å². The van der Waals surface area contributed by atoms with Crippen LogP contribution in [0.4, 0.5) is 0 Å². The van der Waals surface area contributed by atoms with Crippen molar-refractivity contribution in [1.29, 1.82) is 0 Å². The molecular formula is C20H16ClN3OS. The zero-order chi connectivity index (χ0) is 18.1. The molecule has 0 radical (unpaired) electrons. The van der Waals surface area contributed by atoms with E-state index in [9.17, 15) is 4.79 Å². The van der Waals surface area contributed by atoms with Crippen molar-refractivity contribution in [2.45, 2.75) is 6.92 Å². The van der Waals surface area contributed by atoms with Gasteiger partial charge in [-0.05, 0) is 30.7 Å². The Hall–Kier alpha value is -2.37. The summed E-state index contributed by atoms with van der Waals surface area (Å²) in [6.07, 6.45) is 0. The van der Waals surface area contributed by atoms with E-state index >= 15 is 0 Å². The molecule has 1 N–H and O–H groups in total. The molecule has 0 aliphatic carbocycles. The predicted molar refractivity (Wildman–Crippen MR) is 109 cm³/mol. The van der Waals surface area contributed by atoms with E-state index in [0.29, 0.717) is 15.8 Å². The smallest absolute Gasteiger partial charge is 0.258 e. The number of halogens is 1. The second kappa shape index (κ2) is 7.09. The Bertz CT molecular complexity index is 1050. The standard InChI is InChI=1S/C20H16ClN3OS/c1-12-17(19(25)24-20-22-9-10-26-20)15-7-2-3-8-16(15)23-18(12)13-5-4-6-14(21)11-13/h2-8,11H,9-10H2,1H3,(H,22,24,25). The van der Waals surface area contributed by atoms with Gasteiger partial charge in [-0.25, -0.2) is 4.98 Å². The fraction of sp³-hybridized carbons (Fsp3) is 0.150. The Morgan fingerprint density at radius 2 is 2.04 bits per heavy atom. The quantitative estimate of drug-likeness (QED) is 0.700. The van der Waals surface area contributed by atoms with E-state index in [-0.39, 0.29) is 5.91 Å². The molecule has 130 valence electrons. The average molecular weight is 382 g/mol. The second-order valence-corrected chi connectivity index (χ2v) is 7.50. The number of nitrogens with one attached hydrogen (secondary N) is 1. The largest absolute Gasteiger partial charge is 0.301 e. The van der Waals surface area contributed by atoms with Gasteiger partial charge in [-0.1, -0.05) is 53.7 Å². The molecule has 0 fully saturated rings. The van der Waals surface area contributed by atoms with Gasteiger partial charge in [0, 0.05) is 21.7 Å². The number of nitrogens with zero attached hydrogens (tertiary/aromatic N) is 2. The van der Waals surface area contributed by atoms with Crippen LogP contribution in [0, 0.1) is 6.92 Å². The van der Waals surface area contributed by atoms with Crippen molar-refractivity contribution >= 4 is 45.3 Å². The number of aliphatic imine (C=N–C) groups is 1. The first-order valence-corrected chi connectivity index (χ1v) is 9.64. The number of benzene rings is 2. The highest BCUT2D eigenvalue weighted by molar-refractivity contribution is 8.14. The van der Waals surface area contributed by atoms with E-state index < -0.39 is 0 Å². The van der Waals surface area contributed by atoms with Gasteiger partial charge in [0.1, 0.15) is 0 Å². The Balaban J connectivity index is 1.89. The maximum Gasteiger partial charge on any atom is 0.258 e. The fourth-order valence-corrected chi connectivity index (χ4v) is 4.00. The Labute approximate surface area is 160 Å². The van der Waals surface area contributed by atoms with Crippen LogP contribution in [0.1, 0.15) is 15.9 Å². The molecule has 0 spiro atoms. The third kappa shape index (κ3) is 3.20.